The van der Waals surface area contributed by atoms with Crippen molar-refractivity contribution < 1.29 is 40.7 Å². The third-order valence-corrected chi connectivity index (χ3v) is 4.16. The molecule has 1 saturated heterocycles. The zero-order valence-electron chi connectivity index (χ0n) is 14.8. The number of ether oxygens (including phenoxy) is 1. The predicted molar refractivity (Wildman–Crippen MR) is 85.7 cm³/mol. The molecule has 3 N–H and O–H groups in total. The Hall–Kier alpha value is -2.80. The number of anilines is 1. The van der Waals surface area contributed by atoms with E-state index in [4.69, 9.17) is 5.73 Å². The van der Waals surface area contributed by atoms with Crippen molar-refractivity contribution in [2.75, 3.05) is 25.0 Å². The SMILES string of the molecule is NC(=O)c1cnc(NCC2CCN(C(=O)OC(C(F)(F)F)C(F)(F)F)CC2)cn1. The molecular weight excluding hydrogens is 412 g/mol. The number of piperidine rings is 1. The number of amides is 2. The van der Waals surface area contributed by atoms with Gasteiger partial charge in [-0.3, -0.25) is 4.79 Å². The van der Waals surface area contributed by atoms with Gasteiger partial charge in [-0.05, 0) is 18.8 Å². The topological polar surface area (TPSA) is 110 Å². The normalized spacial score (nSPS) is 16.0. The van der Waals surface area contributed by atoms with Crippen LogP contribution in [-0.2, 0) is 4.74 Å². The van der Waals surface area contributed by atoms with Gasteiger partial charge in [-0.25, -0.2) is 14.8 Å². The average molecular weight is 429 g/mol. The second kappa shape index (κ2) is 8.69. The minimum absolute atomic E-state index is 0.0154. The molecule has 14 heteroatoms. The standard InChI is InChI=1S/C15H17F6N5O3/c16-14(17,18)12(15(19,20)21)29-13(28)26-3-1-8(2-4-26)5-24-10-7-23-9(6-25-10)11(22)27/h6-8,12H,1-5H2,(H2,22,27)(H,24,25). The molecule has 162 valence electrons. The van der Waals surface area contributed by atoms with Crippen LogP contribution in [0.3, 0.4) is 0 Å². The third-order valence-electron chi connectivity index (χ3n) is 4.16. The van der Waals surface area contributed by atoms with Gasteiger partial charge in [-0.1, -0.05) is 0 Å². The van der Waals surface area contributed by atoms with E-state index in [0.29, 0.717) is 25.2 Å². The van der Waals surface area contributed by atoms with Gasteiger partial charge in [-0.15, -0.1) is 0 Å². The molecule has 0 saturated carbocycles. The number of likely N-dealkylation sites (tertiary alicyclic amines) is 1. The van der Waals surface area contributed by atoms with Crippen LogP contribution in [-0.4, -0.2) is 65.0 Å². The highest BCUT2D eigenvalue weighted by Gasteiger charge is 2.60. The lowest BCUT2D eigenvalue weighted by Crippen LogP contribution is -2.49. The van der Waals surface area contributed by atoms with E-state index in [-0.39, 0.29) is 24.7 Å². The summed E-state index contributed by atoms with van der Waals surface area (Å²) in [5.41, 5.74) is 5.03. The van der Waals surface area contributed by atoms with Crippen LogP contribution in [0.15, 0.2) is 12.4 Å². The minimum atomic E-state index is -5.75. The maximum atomic E-state index is 12.5. The molecular formula is C15H17F6N5O3. The highest BCUT2D eigenvalue weighted by atomic mass is 19.4. The Bertz CT molecular complexity index is 703. The van der Waals surface area contributed by atoms with Crippen molar-refractivity contribution in [1.82, 2.24) is 14.9 Å². The summed E-state index contributed by atoms with van der Waals surface area (Å²) in [4.78, 5) is 31.2. The van der Waals surface area contributed by atoms with Crippen molar-refractivity contribution in [2.45, 2.75) is 31.3 Å². The number of hydrogen-bond donors (Lipinski definition) is 2. The largest absolute Gasteiger partial charge is 0.434 e. The molecule has 0 unspecified atom stereocenters. The monoisotopic (exact) mass is 429 g/mol. The molecule has 0 radical (unpaired) electrons. The van der Waals surface area contributed by atoms with E-state index in [0.717, 1.165) is 4.90 Å². The second-order valence-corrected chi connectivity index (χ2v) is 6.31. The number of carbonyl (C=O) groups is 2. The Morgan fingerprint density at radius 3 is 2.17 bits per heavy atom. The van der Waals surface area contributed by atoms with Crippen molar-refractivity contribution in [3.8, 4) is 0 Å². The lowest BCUT2D eigenvalue weighted by atomic mass is 9.97. The average Bonchev–Trinajstić information content (AvgIpc) is 2.63. The van der Waals surface area contributed by atoms with E-state index in [1.807, 2.05) is 0 Å². The lowest BCUT2D eigenvalue weighted by molar-refractivity contribution is -0.308. The molecule has 1 fully saturated rings. The van der Waals surface area contributed by atoms with Gasteiger partial charge in [0.05, 0.1) is 12.4 Å². The molecule has 8 nitrogen and oxygen atoms in total. The number of rotatable bonds is 5. The summed E-state index contributed by atoms with van der Waals surface area (Å²) in [5.74, 6) is -0.394. The molecule has 0 spiro atoms. The summed E-state index contributed by atoms with van der Waals surface area (Å²) in [6, 6.07) is 0. The van der Waals surface area contributed by atoms with Gasteiger partial charge >= 0.3 is 18.4 Å². The van der Waals surface area contributed by atoms with Crippen LogP contribution in [0.1, 0.15) is 23.3 Å². The summed E-state index contributed by atoms with van der Waals surface area (Å²) < 4.78 is 78.5. The fourth-order valence-electron chi connectivity index (χ4n) is 2.61. The van der Waals surface area contributed by atoms with Gasteiger partial charge in [0.2, 0.25) is 0 Å². The molecule has 1 aromatic heterocycles. The van der Waals surface area contributed by atoms with Crippen LogP contribution < -0.4 is 11.1 Å². The molecule has 2 rings (SSSR count). The van der Waals surface area contributed by atoms with Gasteiger partial charge in [-0.2, -0.15) is 26.3 Å². The van der Waals surface area contributed by atoms with Crippen LogP contribution in [0, 0.1) is 5.92 Å². The molecule has 2 amide bonds. The van der Waals surface area contributed by atoms with Gasteiger partial charge in [0.15, 0.2) is 0 Å². The highest BCUT2D eigenvalue weighted by molar-refractivity contribution is 5.90. The number of alkyl halides is 6. The summed E-state index contributed by atoms with van der Waals surface area (Å²) in [5, 5.41) is 2.94. The van der Waals surface area contributed by atoms with Crippen LogP contribution in [0.2, 0.25) is 0 Å². The van der Waals surface area contributed by atoms with Crippen molar-refractivity contribution in [2.24, 2.45) is 11.7 Å². The second-order valence-electron chi connectivity index (χ2n) is 6.31. The molecule has 29 heavy (non-hydrogen) atoms. The number of primary amides is 1. The van der Waals surface area contributed by atoms with Crippen molar-refractivity contribution >= 4 is 17.8 Å². The number of hydrogen-bond acceptors (Lipinski definition) is 6. The molecule has 2 heterocycles. The molecule has 0 bridgehead atoms. The van der Waals surface area contributed by atoms with Crippen LogP contribution in [0.5, 0.6) is 0 Å². The minimum Gasteiger partial charge on any atom is -0.426 e. The Labute approximate surface area is 160 Å². The maximum absolute atomic E-state index is 12.5. The van der Waals surface area contributed by atoms with Gasteiger partial charge < -0.3 is 20.7 Å². The van der Waals surface area contributed by atoms with Crippen molar-refractivity contribution in [1.29, 1.82) is 0 Å². The number of carbonyl (C=O) groups excluding carboxylic acids is 2. The summed E-state index contributed by atoms with van der Waals surface area (Å²) in [6.07, 6.45) is -14.2. The quantitative estimate of drug-likeness (QED) is 0.696. The molecule has 0 atom stereocenters. The van der Waals surface area contributed by atoms with Crippen molar-refractivity contribution in [3.05, 3.63) is 18.1 Å². The molecule has 1 aliphatic heterocycles. The van der Waals surface area contributed by atoms with E-state index in [2.05, 4.69) is 20.0 Å². The Morgan fingerprint density at radius 1 is 1.14 bits per heavy atom. The summed E-state index contributed by atoms with van der Waals surface area (Å²) in [6.45, 7) is 0.265. The Kier molecular flexibility index (Phi) is 6.74. The van der Waals surface area contributed by atoms with Crippen LogP contribution in [0.25, 0.3) is 0 Å². The van der Waals surface area contributed by atoms with E-state index in [1.165, 1.54) is 12.4 Å². The zero-order valence-corrected chi connectivity index (χ0v) is 14.8. The summed E-state index contributed by atoms with van der Waals surface area (Å²) >= 11 is 0. The highest BCUT2D eigenvalue weighted by Crippen LogP contribution is 2.36. The number of halogens is 6. The summed E-state index contributed by atoms with van der Waals surface area (Å²) in [7, 11) is 0. The molecule has 1 aromatic rings. The first kappa shape index (κ1) is 22.5. The first-order chi connectivity index (χ1) is 13.4. The third kappa shape index (κ3) is 6.35. The first-order valence-corrected chi connectivity index (χ1v) is 8.32. The molecule has 0 aliphatic carbocycles. The lowest BCUT2D eigenvalue weighted by Gasteiger charge is -2.33. The molecule has 0 aromatic carbocycles. The smallest absolute Gasteiger partial charge is 0.426 e. The van der Waals surface area contributed by atoms with E-state index >= 15 is 0 Å². The fraction of sp³-hybridized carbons (Fsp3) is 0.600. The maximum Gasteiger partial charge on any atom is 0.434 e. The van der Waals surface area contributed by atoms with Gasteiger partial charge in [0, 0.05) is 19.6 Å². The number of nitrogens with two attached hydrogens (primary N) is 1. The Balaban J connectivity index is 1.82. The van der Waals surface area contributed by atoms with Crippen molar-refractivity contribution in [3.63, 3.8) is 0 Å². The van der Waals surface area contributed by atoms with E-state index < -0.39 is 30.5 Å². The number of nitrogens with one attached hydrogen (secondary N) is 1. The van der Waals surface area contributed by atoms with E-state index in [9.17, 15) is 35.9 Å². The number of aromatic nitrogens is 2. The van der Waals surface area contributed by atoms with Crippen LogP contribution in [0.4, 0.5) is 37.0 Å². The number of nitrogens with zero attached hydrogens (tertiary/aromatic N) is 3. The molecule has 1 aliphatic rings. The van der Waals surface area contributed by atoms with Gasteiger partial charge in [0.25, 0.3) is 12.0 Å². The van der Waals surface area contributed by atoms with Crippen LogP contribution >= 0.6 is 0 Å². The zero-order chi connectivity index (χ0) is 21.8. The predicted octanol–water partition coefficient (Wildman–Crippen LogP) is 2.33. The fourth-order valence-corrected chi connectivity index (χ4v) is 2.61. The first-order valence-electron chi connectivity index (χ1n) is 8.32. The van der Waals surface area contributed by atoms with E-state index in [1.54, 1.807) is 0 Å². The Morgan fingerprint density at radius 2 is 1.72 bits per heavy atom. The van der Waals surface area contributed by atoms with Gasteiger partial charge in [0.1, 0.15) is 11.5 Å².